The Balaban J connectivity index is 3.34. The van der Waals surface area contributed by atoms with E-state index < -0.39 is 0 Å². The average molecular weight is 246 g/mol. The number of hydrogen-bond acceptors (Lipinski definition) is 4. The van der Waals surface area contributed by atoms with Crippen LogP contribution in [0.3, 0.4) is 0 Å². The molecule has 0 amide bonds. The number of ether oxygens (including phenoxy) is 3. The Bertz CT molecular complexity index is 214. The van der Waals surface area contributed by atoms with Crippen LogP contribution in [0, 0.1) is 0 Å². The SMILES string of the molecule is C=C(C)C(=O)OCC[SiH2]CCC(OC)OC. The highest BCUT2D eigenvalue weighted by atomic mass is 28.2. The number of methoxy groups -OCH3 is 2. The topological polar surface area (TPSA) is 44.8 Å². The minimum Gasteiger partial charge on any atom is -0.463 e. The van der Waals surface area contributed by atoms with Gasteiger partial charge < -0.3 is 14.2 Å². The van der Waals surface area contributed by atoms with Crippen LogP contribution in [0.2, 0.25) is 12.1 Å². The lowest BCUT2D eigenvalue weighted by Gasteiger charge is -2.12. The van der Waals surface area contributed by atoms with E-state index in [0.717, 1.165) is 18.5 Å². The molecule has 0 aromatic heterocycles. The van der Waals surface area contributed by atoms with Crippen molar-refractivity contribution in [2.24, 2.45) is 0 Å². The molecular formula is C11H22O4Si. The Morgan fingerprint density at radius 2 is 1.94 bits per heavy atom. The molecule has 0 aromatic carbocycles. The third-order valence-electron chi connectivity index (χ3n) is 2.19. The Morgan fingerprint density at radius 1 is 1.31 bits per heavy atom. The van der Waals surface area contributed by atoms with E-state index in [2.05, 4.69) is 6.58 Å². The van der Waals surface area contributed by atoms with Gasteiger partial charge in [0, 0.05) is 29.3 Å². The molecule has 0 fully saturated rings. The highest BCUT2D eigenvalue weighted by molar-refractivity contribution is 6.35. The van der Waals surface area contributed by atoms with Gasteiger partial charge in [-0.2, -0.15) is 0 Å². The third kappa shape index (κ3) is 7.61. The van der Waals surface area contributed by atoms with E-state index in [1.54, 1.807) is 21.1 Å². The summed E-state index contributed by atoms with van der Waals surface area (Å²) in [7, 11) is 3.10. The van der Waals surface area contributed by atoms with Crippen LogP contribution in [0.15, 0.2) is 12.2 Å². The first kappa shape index (κ1) is 15.3. The third-order valence-corrected chi connectivity index (χ3v) is 3.89. The first-order valence-corrected chi connectivity index (χ1v) is 7.50. The maximum Gasteiger partial charge on any atom is 0.333 e. The summed E-state index contributed by atoms with van der Waals surface area (Å²) < 4.78 is 15.2. The molecule has 0 heterocycles. The first-order chi connectivity index (χ1) is 7.61. The molecule has 0 aliphatic rings. The quantitative estimate of drug-likeness (QED) is 0.201. The van der Waals surface area contributed by atoms with Gasteiger partial charge in [-0.3, -0.25) is 0 Å². The summed E-state index contributed by atoms with van der Waals surface area (Å²) in [6.45, 7) is 5.69. The number of carbonyl (C=O) groups excluding carboxylic acids is 1. The van der Waals surface area contributed by atoms with Gasteiger partial charge in [-0.25, -0.2) is 4.79 Å². The molecule has 0 rings (SSSR count). The summed E-state index contributed by atoms with van der Waals surface area (Å²) in [6.07, 6.45) is 0.832. The van der Waals surface area contributed by atoms with E-state index in [4.69, 9.17) is 14.2 Å². The highest BCUT2D eigenvalue weighted by Crippen LogP contribution is 2.03. The molecule has 0 atom stereocenters. The minimum atomic E-state index is -0.291. The standard InChI is InChI=1S/C11H22O4Si/c1-9(2)11(12)15-6-8-16-7-5-10(13-3)14-4/h10H,1,5-8,16H2,2-4H3. The van der Waals surface area contributed by atoms with Gasteiger partial charge in [0.05, 0.1) is 6.61 Å². The molecule has 0 unspecified atom stereocenters. The monoisotopic (exact) mass is 246 g/mol. The zero-order chi connectivity index (χ0) is 12.4. The van der Waals surface area contributed by atoms with Crippen molar-refractivity contribution in [3.63, 3.8) is 0 Å². The van der Waals surface area contributed by atoms with Crippen LogP contribution >= 0.6 is 0 Å². The Hall–Kier alpha value is -0.653. The molecule has 94 valence electrons. The number of esters is 1. The fourth-order valence-electron chi connectivity index (χ4n) is 1.21. The van der Waals surface area contributed by atoms with Gasteiger partial charge in [-0.15, -0.1) is 0 Å². The van der Waals surface area contributed by atoms with Crippen LogP contribution in [0.25, 0.3) is 0 Å². The number of hydrogen-bond donors (Lipinski definition) is 0. The summed E-state index contributed by atoms with van der Waals surface area (Å²) in [4.78, 5) is 11.0. The van der Waals surface area contributed by atoms with Gasteiger partial charge in [0.2, 0.25) is 0 Å². The second-order valence-corrected chi connectivity index (χ2v) is 5.79. The molecular weight excluding hydrogens is 224 g/mol. The maximum absolute atomic E-state index is 11.0. The Labute approximate surface area is 99.8 Å². The summed E-state index contributed by atoms with van der Waals surface area (Å²) in [6, 6.07) is 2.14. The van der Waals surface area contributed by atoms with E-state index in [-0.39, 0.29) is 21.8 Å². The van der Waals surface area contributed by atoms with Crippen LogP contribution in [0.4, 0.5) is 0 Å². The lowest BCUT2D eigenvalue weighted by atomic mass is 10.4. The molecule has 0 aliphatic heterocycles. The molecule has 0 saturated heterocycles. The Kier molecular flexibility index (Phi) is 9.17. The summed E-state index contributed by atoms with van der Waals surface area (Å²) >= 11 is 0. The smallest absolute Gasteiger partial charge is 0.333 e. The van der Waals surface area contributed by atoms with Crippen molar-refractivity contribution in [3.8, 4) is 0 Å². The summed E-state index contributed by atoms with van der Waals surface area (Å²) in [5.41, 5.74) is 0.459. The molecule has 0 spiro atoms. The summed E-state index contributed by atoms with van der Waals surface area (Å²) in [5.74, 6) is -0.291. The van der Waals surface area contributed by atoms with E-state index >= 15 is 0 Å². The fraction of sp³-hybridized carbons (Fsp3) is 0.727. The van der Waals surface area contributed by atoms with Crippen LogP contribution in [-0.4, -0.2) is 42.6 Å². The predicted molar refractivity (Wildman–Crippen MR) is 66.4 cm³/mol. The van der Waals surface area contributed by atoms with Crippen molar-refractivity contribution in [3.05, 3.63) is 12.2 Å². The fourth-order valence-corrected chi connectivity index (χ4v) is 2.53. The predicted octanol–water partition coefficient (Wildman–Crippen LogP) is 1.12. The molecule has 0 radical (unpaired) electrons. The Morgan fingerprint density at radius 3 is 2.44 bits per heavy atom. The van der Waals surface area contributed by atoms with Gasteiger partial charge in [0.1, 0.15) is 0 Å². The van der Waals surface area contributed by atoms with E-state index in [1.807, 2.05) is 0 Å². The normalized spacial score (nSPS) is 11.2. The zero-order valence-corrected chi connectivity index (χ0v) is 11.9. The molecule has 0 aliphatic carbocycles. The van der Waals surface area contributed by atoms with Crippen molar-refractivity contribution in [1.82, 2.24) is 0 Å². The largest absolute Gasteiger partial charge is 0.463 e. The van der Waals surface area contributed by atoms with Crippen LogP contribution in [0.1, 0.15) is 13.3 Å². The summed E-state index contributed by atoms with van der Waals surface area (Å²) in [5, 5.41) is 0. The highest BCUT2D eigenvalue weighted by Gasteiger charge is 2.05. The van der Waals surface area contributed by atoms with E-state index in [1.165, 1.54) is 0 Å². The number of rotatable bonds is 9. The van der Waals surface area contributed by atoms with Gasteiger partial charge in [0.25, 0.3) is 0 Å². The maximum atomic E-state index is 11.0. The van der Waals surface area contributed by atoms with Crippen molar-refractivity contribution in [1.29, 1.82) is 0 Å². The van der Waals surface area contributed by atoms with Crippen molar-refractivity contribution in [2.45, 2.75) is 31.7 Å². The lowest BCUT2D eigenvalue weighted by molar-refractivity contribution is -0.138. The van der Waals surface area contributed by atoms with Crippen molar-refractivity contribution in [2.75, 3.05) is 20.8 Å². The van der Waals surface area contributed by atoms with Gasteiger partial charge in [-0.1, -0.05) is 12.6 Å². The molecule has 0 N–H and O–H groups in total. The van der Waals surface area contributed by atoms with Crippen LogP contribution in [-0.2, 0) is 19.0 Å². The second-order valence-electron chi connectivity index (χ2n) is 3.67. The molecule has 0 bridgehead atoms. The van der Waals surface area contributed by atoms with E-state index in [0.29, 0.717) is 12.2 Å². The van der Waals surface area contributed by atoms with Gasteiger partial charge in [0.15, 0.2) is 6.29 Å². The van der Waals surface area contributed by atoms with Crippen molar-refractivity contribution >= 4 is 15.5 Å². The second kappa shape index (κ2) is 9.56. The molecule has 0 aromatic rings. The molecule has 0 saturated carbocycles. The van der Waals surface area contributed by atoms with Crippen LogP contribution < -0.4 is 0 Å². The van der Waals surface area contributed by atoms with E-state index in [9.17, 15) is 4.79 Å². The van der Waals surface area contributed by atoms with Gasteiger partial charge in [-0.05, 0) is 19.4 Å². The molecule has 4 nitrogen and oxygen atoms in total. The molecule has 16 heavy (non-hydrogen) atoms. The average Bonchev–Trinajstić information content (AvgIpc) is 2.27. The lowest BCUT2D eigenvalue weighted by Crippen LogP contribution is -2.14. The first-order valence-electron chi connectivity index (χ1n) is 5.50. The molecule has 5 heteroatoms. The number of carbonyl (C=O) groups is 1. The zero-order valence-electron chi connectivity index (χ0n) is 10.5. The van der Waals surface area contributed by atoms with Crippen molar-refractivity contribution < 1.29 is 19.0 Å². The van der Waals surface area contributed by atoms with Crippen LogP contribution in [0.5, 0.6) is 0 Å². The van der Waals surface area contributed by atoms with Gasteiger partial charge >= 0.3 is 5.97 Å². The minimum absolute atomic E-state index is 0.0922.